The molecule has 114 valence electrons. The van der Waals surface area contributed by atoms with E-state index in [0.29, 0.717) is 11.8 Å². The van der Waals surface area contributed by atoms with Gasteiger partial charge in [-0.2, -0.15) is 0 Å². The Morgan fingerprint density at radius 1 is 1.25 bits per heavy atom. The molecule has 1 heterocycles. The standard InChI is InChI=1S/C14H20Cl2O4/c1-14(2,3)13(18)19-6-9-10-7(4-15)8(5-16)11(10)12(17)20-9/h7-11H,4-6H2,1-3H3/t7-,8-,9+,10+,11+/m0/s1. The fourth-order valence-electron chi connectivity index (χ4n) is 3.05. The molecule has 1 aliphatic heterocycles. The van der Waals surface area contributed by atoms with Gasteiger partial charge in [-0.1, -0.05) is 0 Å². The first-order valence-corrected chi connectivity index (χ1v) is 7.87. The molecule has 2 aliphatic rings. The summed E-state index contributed by atoms with van der Waals surface area (Å²) in [6, 6.07) is 0. The summed E-state index contributed by atoms with van der Waals surface area (Å²) in [7, 11) is 0. The molecule has 6 heteroatoms. The summed E-state index contributed by atoms with van der Waals surface area (Å²) < 4.78 is 10.6. The van der Waals surface area contributed by atoms with Crippen LogP contribution in [-0.2, 0) is 19.1 Å². The molecule has 0 aromatic rings. The molecule has 4 nitrogen and oxygen atoms in total. The minimum absolute atomic E-state index is 0.0246. The first kappa shape index (κ1) is 15.9. The van der Waals surface area contributed by atoms with E-state index in [4.69, 9.17) is 32.7 Å². The van der Waals surface area contributed by atoms with Crippen molar-refractivity contribution in [2.75, 3.05) is 18.4 Å². The van der Waals surface area contributed by atoms with E-state index < -0.39 is 5.41 Å². The van der Waals surface area contributed by atoms with Gasteiger partial charge in [-0.15, -0.1) is 23.2 Å². The number of ether oxygens (including phenoxy) is 2. The number of halogens is 2. The number of carbonyl (C=O) groups excluding carboxylic acids is 2. The average molecular weight is 323 g/mol. The molecule has 0 unspecified atom stereocenters. The van der Waals surface area contributed by atoms with Crippen LogP contribution in [0.2, 0.25) is 0 Å². The van der Waals surface area contributed by atoms with Crippen LogP contribution in [0.5, 0.6) is 0 Å². The van der Waals surface area contributed by atoms with E-state index in [2.05, 4.69) is 0 Å². The van der Waals surface area contributed by atoms with Crippen molar-refractivity contribution in [2.45, 2.75) is 26.9 Å². The van der Waals surface area contributed by atoms with Crippen LogP contribution in [-0.4, -0.2) is 36.4 Å². The average Bonchev–Trinajstić information content (AvgIpc) is 2.59. The lowest BCUT2D eigenvalue weighted by molar-refractivity contribution is -0.160. The Bertz CT molecular complexity index is 404. The zero-order valence-corrected chi connectivity index (χ0v) is 13.4. The molecule has 1 saturated heterocycles. The van der Waals surface area contributed by atoms with Crippen molar-refractivity contribution in [3.05, 3.63) is 0 Å². The predicted octanol–water partition coefficient (Wildman–Crippen LogP) is 2.46. The van der Waals surface area contributed by atoms with E-state index in [0.717, 1.165) is 0 Å². The first-order chi connectivity index (χ1) is 9.31. The third-order valence-electron chi connectivity index (χ3n) is 4.24. The van der Waals surface area contributed by atoms with Gasteiger partial charge < -0.3 is 9.47 Å². The molecule has 2 fully saturated rings. The lowest BCUT2D eigenvalue weighted by Gasteiger charge is -2.45. The fraction of sp³-hybridized carbons (Fsp3) is 0.857. The van der Waals surface area contributed by atoms with Crippen LogP contribution in [0.25, 0.3) is 0 Å². The topological polar surface area (TPSA) is 52.6 Å². The minimum atomic E-state index is -0.563. The number of rotatable bonds is 4. The molecule has 0 N–H and O–H groups in total. The zero-order chi connectivity index (χ0) is 15.1. The van der Waals surface area contributed by atoms with Crippen LogP contribution in [0, 0.1) is 29.1 Å². The molecule has 0 aromatic heterocycles. The van der Waals surface area contributed by atoms with Crippen LogP contribution in [0.4, 0.5) is 0 Å². The maximum atomic E-state index is 11.9. The van der Waals surface area contributed by atoms with E-state index in [1.807, 2.05) is 0 Å². The Labute approximate surface area is 129 Å². The highest BCUT2D eigenvalue weighted by Gasteiger charge is 2.62. The Hall–Kier alpha value is -0.480. The van der Waals surface area contributed by atoms with Crippen molar-refractivity contribution >= 4 is 35.1 Å². The van der Waals surface area contributed by atoms with E-state index in [9.17, 15) is 9.59 Å². The summed E-state index contributed by atoms with van der Waals surface area (Å²) in [5, 5.41) is 0. The molecule has 0 amide bonds. The summed E-state index contributed by atoms with van der Waals surface area (Å²) >= 11 is 11.9. The highest BCUT2D eigenvalue weighted by atomic mass is 35.5. The third kappa shape index (κ3) is 2.64. The summed E-state index contributed by atoms with van der Waals surface area (Å²) in [4.78, 5) is 23.6. The van der Waals surface area contributed by atoms with Gasteiger partial charge in [0.15, 0.2) is 0 Å². The van der Waals surface area contributed by atoms with Crippen molar-refractivity contribution in [3.63, 3.8) is 0 Å². The SMILES string of the molecule is CC(C)(C)C(=O)OC[C@H]1OC(=O)[C@@H]2[C@@H](CCl)[C@H](CCl)[C@@H]21. The molecule has 1 saturated carbocycles. The smallest absolute Gasteiger partial charge is 0.311 e. The Morgan fingerprint density at radius 3 is 2.35 bits per heavy atom. The van der Waals surface area contributed by atoms with Gasteiger partial charge in [0.05, 0.1) is 11.3 Å². The van der Waals surface area contributed by atoms with Gasteiger partial charge in [0.2, 0.25) is 0 Å². The van der Waals surface area contributed by atoms with Gasteiger partial charge in [-0.3, -0.25) is 9.59 Å². The van der Waals surface area contributed by atoms with Crippen molar-refractivity contribution < 1.29 is 19.1 Å². The summed E-state index contributed by atoms with van der Waals surface area (Å²) in [6.07, 6.45) is -0.387. The quantitative estimate of drug-likeness (QED) is 0.589. The van der Waals surface area contributed by atoms with Crippen molar-refractivity contribution in [1.82, 2.24) is 0 Å². The van der Waals surface area contributed by atoms with Crippen LogP contribution in [0.3, 0.4) is 0 Å². The molecule has 1 aliphatic carbocycles. The van der Waals surface area contributed by atoms with Gasteiger partial charge in [-0.05, 0) is 32.6 Å². The van der Waals surface area contributed by atoms with Gasteiger partial charge >= 0.3 is 11.9 Å². The molecule has 0 radical (unpaired) electrons. The zero-order valence-electron chi connectivity index (χ0n) is 11.9. The number of fused-ring (bicyclic) bond motifs is 1. The number of cyclic esters (lactones) is 1. The maximum Gasteiger partial charge on any atom is 0.311 e. The normalized spacial score (nSPS) is 36.0. The Kier molecular flexibility index (Phi) is 4.55. The first-order valence-electron chi connectivity index (χ1n) is 6.81. The van der Waals surface area contributed by atoms with Gasteiger partial charge in [0.25, 0.3) is 0 Å². The Balaban J connectivity index is 1.97. The maximum absolute atomic E-state index is 11.9. The molecule has 0 spiro atoms. The highest BCUT2D eigenvalue weighted by molar-refractivity contribution is 6.19. The Morgan fingerprint density at radius 2 is 1.85 bits per heavy atom. The second-order valence-corrected chi connectivity index (χ2v) is 7.18. The van der Waals surface area contributed by atoms with Gasteiger partial charge in [0.1, 0.15) is 12.7 Å². The molecule has 20 heavy (non-hydrogen) atoms. The lowest BCUT2D eigenvalue weighted by atomic mass is 9.57. The van der Waals surface area contributed by atoms with E-state index in [1.54, 1.807) is 20.8 Å². The molecular formula is C14H20Cl2O4. The predicted molar refractivity (Wildman–Crippen MR) is 75.7 cm³/mol. The third-order valence-corrected chi connectivity index (χ3v) is 4.95. The summed E-state index contributed by atoms with van der Waals surface area (Å²) in [5.74, 6) is 0.387. The van der Waals surface area contributed by atoms with Crippen molar-refractivity contribution in [2.24, 2.45) is 29.1 Å². The number of alkyl halides is 2. The van der Waals surface area contributed by atoms with E-state index >= 15 is 0 Å². The largest absolute Gasteiger partial charge is 0.461 e. The van der Waals surface area contributed by atoms with E-state index in [1.165, 1.54) is 0 Å². The molecule has 0 aromatic carbocycles. The van der Waals surface area contributed by atoms with Crippen LogP contribution < -0.4 is 0 Å². The van der Waals surface area contributed by atoms with E-state index in [-0.39, 0.29) is 48.3 Å². The monoisotopic (exact) mass is 322 g/mol. The number of carbonyl (C=O) groups is 2. The van der Waals surface area contributed by atoms with Crippen LogP contribution >= 0.6 is 23.2 Å². The van der Waals surface area contributed by atoms with Crippen molar-refractivity contribution in [3.8, 4) is 0 Å². The fourth-order valence-corrected chi connectivity index (χ4v) is 3.91. The summed E-state index contributed by atoms with van der Waals surface area (Å²) in [6.45, 7) is 5.46. The highest BCUT2D eigenvalue weighted by Crippen LogP contribution is 2.54. The van der Waals surface area contributed by atoms with Gasteiger partial charge in [-0.25, -0.2) is 0 Å². The van der Waals surface area contributed by atoms with Crippen molar-refractivity contribution in [1.29, 1.82) is 0 Å². The number of esters is 2. The number of hydrogen-bond acceptors (Lipinski definition) is 4. The van der Waals surface area contributed by atoms with Crippen LogP contribution in [0.1, 0.15) is 20.8 Å². The second kappa shape index (κ2) is 5.72. The summed E-state index contributed by atoms with van der Waals surface area (Å²) in [5.41, 5.74) is -0.563. The molecule has 0 bridgehead atoms. The van der Waals surface area contributed by atoms with Gasteiger partial charge in [0, 0.05) is 17.7 Å². The minimum Gasteiger partial charge on any atom is -0.461 e. The second-order valence-electron chi connectivity index (χ2n) is 6.56. The molecule has 2 rings (SSSR count). The molecular weight excluding hydrogens is 303 g/mol. The van der Waals surface area contributed by atoms with Crippen LogP contribution in [0.15, 0.2) is 0 Å². The molecule has 5 atom stereocenters. The lowest BCUT2D eigenvalue weighted by Crippen LogP contribution is -2.52. The number of hydrogen-bond donors (Lipinski definition) is 0.